The molecule has 1 aromatic carbocycles. The second-order valence-electron chi connectivity index (χ2n) is 7.14. The van der Waals surface area contributed by atoms with E-state index < -0.39 is 0 Å². The van der Waals surface area contributed by atoms with Gasteiger partial charge >= 0.3 is 5.97 Å². The summed E-state index contributed by atoms with van der Waals surface area (Å²) >= 11 is 0. The van der Waals surface area contributed by atoms with Crippen LogP contribution in [0.15, 0.2) is 12.1 Å². The number of carbonyl (C=O) groups is 2. The van der Waals surface area contributed by atoms with Gasteiger partial charge in [-0.15, -0.1) is 0 Å². The lowest BCUT2D eigenvalue weighted by atomic mass is 9.84. The van der Waals surface area contributed by atoms with Crippen molar-refractivity contribution < 1.29 is 14.3 Å². The highest BCUT2D eigenvalue weighted by Crippen LogP contribution is 2.35. The maximum absolute atomic E-state index is 12.3. The number of benzene rings is 1. The summed E-state index contributed by atoms with van der Waals surface area (Å²) in [5.41, 5.74) is 4.40. The Morgan fingerprint density at radius 3 is 2.23 bits per heavy atom. The maximum Gasteiger partial charge on any atom is 0.311 e. The number of nitrogens with zero attached hydrogens (tertiary/aromatic N) is 1. The van der Waals surface area contributed by atoms with E-state index in [0.29, 0.717) is 6.54 Å². The molecule has 0 bridgehead atoms. The first kappa shape index (κ1) is 16.5. The Kier molecular flexibility index (Phi) is 4.32. The van der Waals surface area contributed by atoms with E-state index in [1.54, 1.807) is 4.90 Å². The van der Waals surface area contributed by atoms with E-state index >= 15 is 0 Å². The van der Waals surface area contributed by atoms with Crippen molar-refractivity contribution in [3.63, 3.8) is 0 Å². The highest BCUT2D eigenvalue weighted by atomic mass is 16.5. The highest BCUT2D eigenvalue weighted by molar-refractivity contribution is 6.00. The molecule has 0 saturated carbocycles. The first-order valence-corrected chi connectivity index (χ1v) is 7.65. The molecule has 0 aliphatic carbocycles. The van der Waals surface area contributed by atoms with Crippen LogP contribution in [-0.2, 0) is 19.7 Å². The van der Waals surface area contributed by atoms with Crippen LogP contribution in [-0.4, -0.2) is 25.5 Å². The number of aryl methyl sites for hydroxylation is 2. The molecule has 2 rings (SSSR count). The zero-order valence-corrected chi connectivity index (χ0v) is 14.3. The number of ether oxygens (including phenoxy) is 1. The summed E-state index contributed by atoms with van der Waals surface area (Å²) in [4.78, 5) is 25.7. The molecular formula is C18H25NO3. The average molecular weight is 303 g/mol. The third-order valence-corrected chi connectivity index (χ3v) is 4.29. The summed E-state index contributed by atoms with van der Waals surface area (Å²) in [6, 6.07) is 4.28. The molecule has 1 amide bonds. The van der Waals surface area contributed by atoms with Gasteiger partial charge in [-0.05, 0) is 36.0 Å². The zero-order chi connectivity index (χ0) is 16.7. The van der Waals surface area contributed by atoms with E-state index in [0.717, 1.165) is 16.8 Å². The number of rotatable bonds is 2. The Hall–Kier alpha value is -1.84. The van der Waals surface area contributed by atoms with E-state index in [1.165, 1.54) is 12.7 Å². The SMILES string of the molecule is COC(=O)C1CC(=O)N(c2c(C)cc(C(C)(C)C)cc2C)C1. The molecule has 22 heavy (non-hydrogen) atoms. The first-order valence-electron chi connectivity index (χ1n) is 7.65. The average Bonchev–Trinajstić information content (AvgIpc) is 2.78. The second-order valence-corrected chi connectivity index (χ2v) is 7.14. The van der Waals surface area contributed by atoms with Crippen molar-refractivity contribution in [1.29, 1.82) is 0 Å². The van der Waals surface area contributed by atoms with Gasteiger partial charge in [0.05, 0.1) is 13.0 Å². The van der Waals surface area contributed by atoms with E-state index in [-0.39, 0.29) is 29.6 Å². The Balaban J connectivity index is 2.38. The minimum atomic E-state index is -0.362. The van der Waals surface area contributed by atoms with Gasteiger partial charge in [0, 0.05) is 18.7 Å². The van der Waals surface area contributed by atoms with Crippen LogP contribution in [0, 0.1) is 19.8 Å². The summed E-state index contributed by atoms with van der Waals surface area (Å²) in [7, 11) is 1.37. The van der Waals surface area contributed by atoms with Crippen molar-refractivity contribution >= 4 is 17.6 Å². The topological polar surface area (TPSA) is 46.6 Å². The van der Waals surface area contributed by atoms with Gasteiger partial charge in [0.1, 0.15) is 0 Å². The molecule has 0 spiro atoms. The summed E-state index contributed by atoms with van der Waals surface area (Å²) in [6.45, 7) is 11.0. The van der Waals surface area contributed by atoms with Crippen molar-refractivity contribution in [2.75, 3.05) is 18.6 Å². The Morgan fingerprint density at radius 2 is 1.77 bits per heavy atom. The van der Waals surface area contributed by atoms with Crippen LogP contribution >= 0.6 is 0 Å². The van der Waals surface area contributed by atoms with E-state index in [2.05, 4.69) is 32.9 Å². The number of esters is 1. The predicted molar refractivity (Wildman–Crippen MR) is 87.1 cm³/mol. The van der Waals surface area contributed by atoms with Gasteiger partial charge in [-0.1, -0.05) is 32.9 Å². The van der Waals surface area contributed by atoms with E-state index in [4.69, 9.17) is 4.74 Å². The molecule has 1 aliphatic rings. The van der Waals surface area contributed by atoms with E-state index in [1.807, 2.05) is 13.8 Å². The molecule has 1 aromatic rings. The Bertz CT molecular complexity index is 590. The van der Waals surface area contributed by atoms with Crippen LogP contribution in [0.2, 0.25) is 0 Å². The molecule has 0 N–H and O–H groups in total. The summed E-state index contributed by atoms with van der Waals surface area (Å²) in [6.07, 6.45) is 0.229. The number of anilines is 1. The van der Waals surface area contributed by atoms with Gasteiger partial charge in [0.15, 0.2) is 0 Å². The molecule has 1 aliphatic heterocycles. The predicted octanol–water partition coefficient (Wildman–Crippen LogP) is 3.13. The van der Waals surface area contributed by atoms with Gasteiger partial charge in [-0.25, -0.2) is 0 Å². The van der Waals surface area contributed by atoms with Gasteiger partial charge < -0.3 is 9.64 Å². The number of hydrogen-bond acceptors (Lipinski definition) is 3. The molecule has 120 valence electrons. The molecule has 1 heterocycles. The van der Waals surface area contributed by atoms with Crippen LogP contribution in [0.4, 0.5) is 5.69 Å². The quantitative estimate of drug-likeness (QED) is 0.789. The standard InChI is InChI=1S/C18H25NO3/c1-11-7-14(18(3,4)5)8-12(2)16(11)19-10-13(9-15(19)20)17(21)22-6/h7-8,13H,9-10H2,1-6H3. The second kappa shape index (κ2) is 5.75. The maximum atomic E-state index is 12.3. The fourth-order valence-corrected chi connectivity index (χ4v) is 3.06. The molecule has 1 saturated heterocycles. The van der Waals surface area contributed by atoms with Crippen LogP contribution in [0.5, 0.6) is 0 Å². The summed E-state index contributed by atoms with van der Waals surface area (Å²) in [5, 5.41) is 0. The van der Waals surface area contributed by atoms with Gasteiger partial charge in [0.25, 0.3) is 0 Å². The number of amides is 1. The van der Waals surface area contributed by atoms with Crippen molar-refractivity contribution in [3.05, 3.63) is 28.8 Å². The zero-order valence-electron chi connectivity index (χ0n) is 14.3. The van der Waals surface area contributed by atoms with Crippen LogP contribution in [0.1, 0.15) is 43.9 Å². The largest absolute Gasteiger partial charge is 0.469 e. The molecule has 0 aromatic heterocycles. The molecule has 1 fully saturated rings. The lowest BCUT2D eigenvalue weighted by molar-refractivity contribution is -0.145. The van der Waals surface area contributed by atoms with Crippen molar-refractivity contribution in [2.45, 2.75) is 46.5 Å². The highest BCUT2D eigenvalue weighted by Gasteiger charge is 2.37. The summed E-state index contributed by atoms with van der Waals surface area (Å²) in [5.74, 6) is -0.679. The molecule has 4 nitrogen and oxygen atoms in total. The molecular weight excluding hydrogens is 278 g/mol. The fourth-order valence-electron chi connectivity index (χ4n) is 3.06. The van der Waals surface area contributed by atoms with Crippen molar-refractivity contribution in [3.8, 4) is 0 Å². The monoisotopic (exact) mass is 303 g/mol. The van der Waals surface area contributed by atoms with Crippen LogP contribution in [0.3, 0.4) is 0 Å². The van der Waals surface area contributed by atoms with Crippen LogP contribution in [0.25, 0.3) is 0 Å². The summed E-state index contributed by atoms with van der Waals surface area (Å²) < 4.78 is 4.77. The Morgan fingerprint density at radius 1 is 1.23 bits per heavy atom. The minimum absolute atomic E-state index is 0.00916. The molecule has 1 unspecified atom stereocenters. The third kappa shape index (κ3) is 3.01. The van der Waals surface area contributed by atoms with Crippen molar-refractivity contribution in [1.82, 2.24) is 0 Å². The third-order valence-electron chi connectivity index (χ3n) is 4.29. The van der Waals surface area contributed by atoms with Gasteiger partial charge in [-0.2, -0.15) is 0 Å². The number of methoxy groups -OCH3 is 1. The minimum Gasteiger partial charge on any atom is -0.469 e. The first-order chi connectivity index (χ1) is 10.1. The molecule has 0 radical (unpaired) electrons. The van der Waals surface area contributed by atoms with E-state index in [9.17, 15) is 9.59 Å². The van der Waals surface area contributed by atoms with Crippen LogP contribution < -0.4 is 4.90 Å². The van der Waals surface area contributed by atoms with Crippen molar-refractivity contribution in [2.24, 2.45) is 5.92 Å². The number of carbonyl (C=O) groups excluding carboxylic acids is 2. The van der Waals surface area contributed by atoms with Gasteiger partial charge in [0.2, 0.25) is 5.91 Å². The smallest absolute Gasteiger partial charge is 0.311 e. The Labute approximate surface area is 132 Å². The lowest BCUT2D eigenvalue weighted by Gasteiger charge is -2.26. The fraction of sp³-hybridized carbons (Fsp3) is 0.556. The van der Waals surface area contributed by atoms with Gasteiger partial charge in [-0.3, -0.25) is 9.59 Å². The normalized spacial score (nSPS) is 18.7. The lowest BCUT2D eigenvalue weighted by Crippen LogP contribution is -2.28. The number of hydrogen-bond donors (Lipinski definition) is 0. The molecule has 4 heteroatoms. The molecule has 1 atom stereocenters.